The van der Waals surface area contributed by atoms with E-state index in [9.17, 15) is 9.59 Å². The van der Waals surface area contributed by atoms with Crippen molar-refractivity contribution < 1.29 is 19.1 Å². The van der Waals surface area contributed by atoms with E-state index in [2.05, 4.69) is 0 Å². The Morgan fingerprint density at radius 2 is 1.50 bits per heavy atom. The van der Waals surface area contributed by atoms with Crippen LogP contribution in [-0.4, -0.2) is 26.2 Å². The highest BCUT2D eigenvalue weighted by Gasteiger charge is 2.35. The first-order valence-corrected chi connectivity index (χ1v) is 8.50. The van der Waals surface area contributed by atoms with Gasteiger partial charge in [-0.15, -0.1) is 0 Å². The van der Waals surface area contributed by atoms with Gasteiger partial charge in [0.05, 0.1) is 14.2 Å². The molecule has 26 heavy (non-hydrogen) atoms. The molecular weight excluding hydrogens is 328 g/mol. The number of ether oxygens (including phenoxy) is 2. The van der Waals surface area contributed by atoms with Crippen LogP contribution in [0.3, 0.4) is 0 Å². The molecule has 1 atom stereocenters. The molecule has 4 nitrogen and oxygen atoms in total. The first-order valence-electron chi connectivity index (χ1n) is 8.50. The van der Waals surface area contributed by atoms with E-state index in [1.807, 2.05) is 73.7 Å². The zero-order valence-corrected chi connectivity index (χ0v) is 15.3. The molecule has 0 unspecified atom stereocenters. The fourth-order valence-corrected chi connectivity index (χ4v) is 2.88. The van der Waals surface area contributed by atoms with Gasteiger partial charge < -0.3 is 9.47 Å². The fraction of sp³-hybridized carbons (Fsp3) is 0.273. The second-order valence-corrected chi connectivity index (χ2v) is 6.09. The van der Waals surface area contributed by atoms with E-state index in [0.717, 1.165) is 16.7 Å². The number of methoxy groups -OCH3 is 2. The second kappa shape index (κ2) is 9.56. The quantitative estimate of drug-likeness (QED) is 0.561. The Morgan fingerprint density at radius 3 is 2.08 bits per heavy atom. The summed E-state index contributed by atoms with van der Waals surface area (Å²) in [5, 5.41) is 0. The highest BCUT2D eigenvalue weighted by Crippen LogP contribution is 2.24. The highest BCUT2D eigenvalue weighted by atomic mass is 16.5. The SMILES string of the molecule is COC(=O)C(C(=O)OC)[C@@H](/C=C/c1ccccc1C)Cc1ccccc1. The standard InChI is InChI=1S/C22H24O4/c1-16-9-7-8-12-18(16)13-14-19(15-17-10-5-4-6-11-17)20(21(23)25-2)22(24)26-3/h4-14,19-20H,15H2,1-3H3/b14-13+/t19-/m0/s1. The Kier molecular flexibility index (Phi) is 7.15. The summed E-state index contributed by atoms with van der Waals surface area (Å²) in [7, 11) is 2.56. The molecule has 0 bridgehead atoms. The molecule has 0 aromatic heterocycles. The number of allylic oxidation sites excluding steroid dienone is 1. The lowest BCUT2D eigenvalue weighted by atomic mass is 9.85. The first kappa shape index (κ1) is 19.4. The molecule has 0 N–H and O–H groups in total. The third-order valence-corrected chi connectivity index (χ3v) is 4.36. The molecule has 2 rings (SSSR count). The molecule has 0 aliphatic rings. The van der Waals surface area contributed by atoms with Crippen molar-refractivity contribution in [3.63, 3.8) is 0 Å². The van der Waals surface area contributed by atoms with Crippen LogP contribution in [0, 0.1) is 18.8 Å². The Labute approximate surface area is 154 Å². The number of benzene rings is 2. The van der Waals surface area contributed by atoms with Crippen LogP contribution in [-0.2, 0) is 25.5 Å². The third kappa shape index (κ3) is 5.06. The number of esters is 2. The molecule has 0 amide bonds. The minimum absolute atomic E-state index is 0.378. The number of carbonyl (C=O) groups is 2. The van der Waals surface area contributed by atoms with Crippen molar-refractivity contribution in [2.24, 2.45) is 11.8 Å². The van der Waals surface area contributed by atoms with Gasteiger partial charge in [0, 0.05) is 5.92 Å². The van der Waals surface area contributed by atoms with Crippen LogP contribution in [0.25, 0.3) is 6.08 Å². The molecule has 0 aliphatic carbocycles. The normalized spacial score (nSPS) is 12.2. The van der Waals surface area contributed by atoms with Gasteiger partial charge in [-0.1, -0.05) is 66.7 Å². The van der Waals surface area contributed by atoms with E-state index in [1.165, 1.54) is 14.2 Å². The van der Waals surface area contributed by atoms with Crippen LogP contribution >= 0.6 is 0 Å². The van der Waals surface area contributed by atoms with Gasteiger partial charge in [-0.2, -0.15) is 0 Å². The lowest BCUT2D eigenvalue weighted by molar-refractivity contribution is -0.160. The predicted octanol–water partition coefficient (Wildman–Crippen LogP) is 3.83. The zero-order chi connectivity index (χ0) is 18.9. The minimum Gasteiger partial charge on any atom is -0.468 e. The number of carbonyl (C=O) groups excluding carboxylic acids is 2. The smallest absolute Gasteiger partial charge is 0.320 e. The van der Waals surface area contributed by atoms with Gasteiger partial charge in [-0.25, -0.2) is 0 Å². The van der Waals surface area contributed by atoms with Crippen molar-refractivity contribution in [3.05, 3.63) is 77.4 Å². The Balaban J connectivity index is 2.38. The van der Waals surface area contributed by atoms with Gasteiger partial charge in [0.1, 0.15) is 0 Å². The molecule has 0 fully saturated rings. The molecule has 0 saturated heterocycles. The van der Waals surface area contributed by atoms with Crippen molar-refractivity contribution in [1.29, 1.82) is 0 Å². The summed E-state index contributed by atoms with van der Waals surface area (Å²) in [6.45, 7) is 2.02. The van der Waals surface area contributed by atoms with Crippen molar-refractivity contribution >= 4 is 18.0 Å². The van der Waals surface area contributed by atoms with Crippen LogP contribution in [0.1, 0.15) is 16.7 Å². The topological polar surface area (TPSA) is 52.6 Å². The third-order valence-electron chi connectivity index (χ3n) is 4.36. The van der Waals surface area contributed by atoms with Crippen LogP contribution in [0.4, 0.5) is 0 Å². The molecule has 0 spiro atoms. The fourth-order valence-electron chi connectivity index (χ4n) is 2.88. The van der Waals surface area contributed by atoms with Crippen molar-refractivity contribution in [3.8, 4) is 0 Å². The van der Waals surface area contributed by atoms with Gasteiger partial charge in [0.15, 0.2) is 5.92 Å². The van der Waals surface area contributed by atoms with Gasteiger partial charge in [0.25, 0.3) is 0 Å². The van der Waals surface area contributed by atoms with Crippen LogP contribution in [0.5, 0.6) is 0 Å². The molecule has 4 heteroatoms. The minimum atomic E-state index is -1.01. The van der Waals surface area contributed by atoms with E-state index >= 15 is 0 Å². The largest absolute Gasteiger partial charge is 0.468 e. The monoisotopic (exact) mass is 352 g/mol. The maximum Gasteiger partial charge on any atom is 0.320 e. The maximum atomic E-state index is 12.3. The van der Waals surface area contributed by atoms with Crippen molar-refractivity contribution in [2.75, 3.05) is 14.2 Å². The lowest BCUT2D eigenvalue weighted by Gasteiger charge is -2.21. The molecule has 0 saturated carbocycles. The van der Waals surface area contributed by atoms with E-state index in [4.69, 9.17) is 9.47 Å². The summed E-state index contributed by atoms with van der Waals surface area (Å²) in [4.78, 5) is 24.5. The van der Waals surface area contributed by atoms with Crippen LogP contribution in [0.15, 0.2) is 60.7 Å². The Morgan fingerprint density at radius 1 is 0.923 bits per heavy atom. The van der Waals surface area contributed by atoms with Crippen molar-refractivity contribution in [1.82, 2.24) is 0 Å². The molecule has 2 aromatic rings. The highest BCUT2D eigenvalue weighted by molar-refractivity contribution is 5.95. The summed E-state index contributed by atoms with van der Waals surface area (Å²) >= 11 is 0. The molecule has 0 heterocycles. The van der Waals surface area contributed by atoms with E-state index in [0.29, 0.717) is 6.42 Å². The Hall–Kier alpha value is -2.88. The van der Waals surface area contributed by atoms with Crippen LogP contribution < -0.4 is 0 Å². The predicted molar refractivity (Wildman–Crippen MR) is 101 cm³/mol. The molecule has 136 valence electrons. The maximum absolute atomic E-state index is 12.3. The van der Waals surface area contributed by atoms with Gasteiger partial charge in [-0.3, -0.25) is 9.59 Å². The second-order valence-electron chi connectivity index (χ2n) is 6.09. The Bertz CT molecular complexity index is 749. The average molecular weight is 352 g/mol. The number of rotatable bonds is 7. The molecular formula is C22H24O4. The summed E-state index contributed by atoms with van der Waals surface area (Å²) in [5.74, 6) is -2.57. The molecule has 0 radical (unpaired) electrons. The van der Waals surface area contributed by atoms with Crippen LogP contribution in [0.2, 0.25) is 0 Å². The molecule has 2 aromatic carbocycles. The number of hydrogen-bond acceptors (Lipinski definition) is 4. The zero-order valence-electron chi connectivity index (χ0n) is 15.3. The summed E-state index contributed by atoms with van der Waals surface area (Å²) in [5.41, 5.74) is 3.19. The van der Waals surface area contributed by atoms with Gasteiger partial charge in [0.2, 0.25) is 0 Å². The van der Waals surface area contributed by atoms with E-state index in [-0.39, 0.29) is 5.92 Å². The van der Waals surface area contributed by atoms with Gasteiger partial charge in [-0.05, 0) is 30.0 Å². The lowest BCUT2D eigenvalue weighted by Crippen LogP contribution is -2.33. The first-order chi connectivity index (χ1) is 12.6. The number of aryl methyl sites for hydroxylation is 1. The average Bonchev–Trinajstić information content (AvgIpc) is 2.67. The summed E-state index contributed by atoms with van der Waals surface area (Å²) in [6.07, 6.45) is 4.37. The van der Waals surface area contributed by atoms with E-state index in [1.54, 1.807) is 0 Å². The number of hydrogen-bond donors (Lipinski definition) is 0. The summed E-state index contributed by atoms with van der Waals surface area (Å²) < 4.78 is 9.71. The van der Waals surface area contributed by atoms with Crippen molar-refractivity contribution in [2.45, 2.75) is 13.3 Å². The van der Waals surface area contributed by atoms with E-state index < -0.39 is 17.9 Å². The van der Waals surface area contributed by atoms with Gasteiger partial charge >= 0.3 is 11.9 Å². The molecule has 0 aliphatic heterocycles. The summed E-state index contributed by atoms with van der Waals surface area (Å²) in [6, 6.07) is 17.7.